The molecule has 13 heteroatoms. The van der Waals surface area contributed by atoms with Crippen LogP contribution in [0.3, 0.4) is 0 Å². The highest BCUT2D eigenvalue weighted by molar-refractivity contribution is 9.10. The Kier molecular flexibility index (Phi) is 5.77. The number of nitrogens with zero attached hydrogens (tertiary/aromatic N) is 5. The Labute approximate surface area is 171 Å². The molecule has 12 nitrogen and oxygen atoms in total. The smallest absolute Gasteiger partial charge is 0.356 e. The lowest BCUT2D eigenvalue weighted by Gasteiger charge is -2.08. The van der Waals surface area contributed by atoms with E-state index in [0.29, 0.717) is 4.47 Å². The summed E-state index contributed by atoms with van der Waals surface area (Å²) in [7, 11) is 1.30. The zero-order chi connectivity index (χ0) is 21.1. The molecule has 3 aromatic heterocycles. The molecule has 0 unspecified atom stereocenters. The maximum absolute atomic E-state index is 12.6. The highest BCUT2D eigenvalue weighted by Crippen LogP contribution is 2.40. The summed E-state index contributed by atoms with van der Waals surface area (Å²) in [5, 5.41) is 3.93. The van der Waals surface area contributed by atoms with Gasteiger partial charge in [0.05, 0.1) is 11.6 Å². The molecule has 0 saturated carbocycles. The highest BCUT2D eigenvalue weighted by Gasteiger charge is 2.28. The molecule has 0 atom stereocenters. The first-order chi connectivity index (χ1) is 13.8. The fourth-order valence-electron chi connectivity index (χ4n) is 2.33. The van der Waals surface area contributed by atoms with Gasteiger partial charge in [-0.05, 0) is 15.9 Å². The van der Waals surface area contributed by atoms with Crippen molar-refractivity contribution in [3.8, 4) is 23.2 Å². The lowest BCUT2D eigenvalue weighted by Crippen LogP contribution is -2.23. The van der Waals surface area contributed by atoms with Crippen molar-refractivity contribution in [3.05, 3.63) is 39.6 Å². The van der Waals surface area contributed by atoms with Gasteiger partial charge in [-0.3, -0.25) is 9.59 Å². The van der Waals surface area contributed by atoms with Crippen LogP contribution in [0.5, 0.6) is 11.5 Å². The standard InChI is InChI=1S/C16H14BrN5O7/c1-8(23)27-5-11-12(28-9(2)24)13(26-3)15(29-11)21-4-10(17)14(20-16(21)25)22-7-18-6-19-22/h4,6-7H,5H2,1-3H3. The van der Waals surface area contributed by atoms with Gasteiger partial charge >= 0.3 is 17.6 Å². The van der Waals surface area contributed by atoms with E-state index in [2.05, 4.69) is 31.0 Å². The van der Waals surface area contributed by atoms with Gasteiger partial charge in [-0.1, -0.05) is 0 Å². The normalized spacial score (nSPS) is 10.6. The molecule has 3 aromatic rings. The number of esters is 2. The minimum absolute atomic E-state index is 0.0226. The van der Waals surface area contributed by atoms with Crippen molar-refractivity contribution in [2.24, 2.45) is 0 Å². The van der Waals surface area contributed by atoms with Gasteiger partial charge in [-0.15, -0.1) is 0 Å². The second-order valence-electron chi connectivity index (χ2n) is 5.47. The molecule has 0 aromatic carbocycles. The zero-order valence-electron chi connectivity index (χ0n) is 15.4. The van der Waals surface area contributed by atoms with Crippen LogP contribution in [0.2, 0.25) is 0 Å². The van der Waals surface area contributed by atoms with E-state index in [9.17, 15) is 14.4 Å². The molecule has 0 saturated heterocycles. The predicted octanol–water partition coefficient (Wildman–Crippen LogP) is 1.17. The van der Waals surface area contributed by atoms with Crippen LogP contribution in [0.1, 0.15) is 19.6 Å². The van der Waals surface area contributed by atoms with E-state index < -0.39 is 17.6 Å². The summed E-state index contributed by atoms with van der Waals surface area (Å²) in [6.07, 6.45) is 4.04. The summed E-state index contributed by atoms with van der Waals surface area (Å²) >= 11 is 3.31. The van der Waals surface area contributed by atoms with Gasteiger partial charge in [0.2, 0.25) is 11.5 Å². The zero-order valence-corrected chi connectivity index (χ0v) is 17.0. The van der Waals surface area contributed by atoms with Crippen LogP contribution in [0.15, 0.2) is 32.5 Å². The summed E-state index contributed by atoms with van der Waals surface area (Å²) in [6, 6.07) is 0. The molecule has 0 aliphatic rings. The van der Waals surface area contributed by atoms with Crippen LogP contribution >= 0.6 is 15.9 Å². The number of carbonyl (C=O) groups is 2. The topological polar surface area (TPSA) is 141 Å². The Bertz CT molecular complexity index is 1120. The van der Waals surface area contributed by atoms with Crippen LogP contribution in [0.4, 0.5) is 0 Å². The number of furan rings is 1. The lowest BCUT2D eigenvalue weighted by molar-refractivity contribution is -0.142. The molecule has 0 fully saturated rings. The predicted molar refractivity (Wildman–Crippen MR) is 98.0 cm³/mol. The highest BCUT2D eigenvalue weighted by atomic mass is 79.9. The molecule has 0 amide bonds. The van der Waals surface area contributed by atoms with Crippen LogP contribution in [-0.4, -0.2) is 43.4 Å². The molecule has 3 rings (SSSR count). The van der Waals surface area contributed by atoms with Gasteiger partial charge in [0.15, 0.2) is 18.2 Å². The summed E-state index contributed by atoms with van der Waals surface area (Å²) in [5.41, 5.74) is -0.737. The molecule has 0 N–H and O–H groups in total. The molecule has 0 radical (unpaired) electrons. The van der Waals surface area contributed by atoms with E-state index >= 15 is 0 Å². The van der Waals surface area contributed by atoms with E-state index in [0.717, 1.165) is 4.57 Å². The molecule has 29 heavy (non-hydrogen) atoms. The third-order valence-corrected chi connectivity index (χ3v) is 4.01. The summed E-state index contributed by atoms with van der Waals surface area (Å²) in [6.45, 7) is 2.05. The first-order valence-electron chi connectivity index (χ1n) is 7.97. The number of rotatable bonds is 6. The maximum atomic E-state index is 12.6. The number of ether oxygens (including phenoxy) is 3. The van der Waals surface area contributed by atoms with Crippen molar-refractivity contribution in [3.63, 3.8) is 0 Å². The number of hydrogen-bond acceptors (Lipinski definition) is 10. The van der Waals surface area contributed by atoms with Crippen molar-refractivity contribution >= 4 is 27.9 Å². The van der Waals surface area contributed by atoms with Gasteiger partial charge in [0.1, 0.15) is 12.7 Å². The van der Waals surface area contributed by atoms with Crippen LogP contribution in [-0.2, 0) is 20.9 Å². The average molecular weight is 468 g/mol. The molecule has 152 valence electrons. The Morgan fingerprint density at radius 1 is 1.24 bits per heavy atom. The molecule has 0 aliphatic heterocycles. The van der Waals surface area contributed by atoms with E-state index in [1.165, 1.54) is 44.5 Å². The van der Waals surface area contributed by atoms with Crippen molar-refractivity contribution in [1.82, 2.24) is 24.3 Å². The number of aromatic nitrogens is 5. The van der Waals surface area contributed by atoms with Gasteiger partial charge in [0, 0.05) is 20.0 Å². The Hall–Kier alpha value is -3.48. The summed E-state index contributed by atoms with van der Waals surface area (Å²) in [5.74, 6) is -1.33. The SMILES string of the molecule is COc1c(-n2cc(Br)c(-n3cncn3)nc2=O)oc(COC(C)=O)c1OC(C)=O. The first-order valence-corrected chi connectivity index (χ1v) is 8.77. The van der Waals surface area contributed by atoms with Gasteiger partial charge in [0.25, 0.3) is 5.88 Å². The van der Waals surface area contributed by atoms with Gasteiger partial charge in [-0.25, -0.2) is 19.0 Å². The van der Waals surface area contributed by atoms with E-state index in [-0.39, 0.29) is 35.6 Å². The van der Waals surface area contributed by atoms with Gasteiger partial charge in [-0.2, -0.15) is 10.1 Å². The second kappa shape index (κ2) is 8.26. The first kappa shape index (κ1) is 20.3. The average Bonchev–Trinajstić information content (AvgIpc) is 3.29. The quantitative estimate of drug-likeness (QED) is 0.484. The second-order valence-corrected chi connectivity index (χ2v) is 6.33. The Morgan fingerprint density at radius 3 is 2.59 bits per heavy atom. The third kappa shape index (κ3) is 4.18. The number of methoxy groups -OCH3 is 1. The number of hydrogen-bond donors (Lipinski definition) is 0. The maximum Gasteiger partial charge on any atom is 0.356 e. The fraction of sp³-hybridized carbons (Fsp3) is 0.250. The van der Waals surface area contributed by atoms with Crippen LogP contribution in [0, 0.1) is 0 Å². The van der Waals surface area contributed by atoms with E-state index in [4.69, 9.17) is 18.6 Å². The van der Waals surface area contributed by atoms with Crippen molar-refractivity contribution in [2.45, 2.75) is 20.5 Å². The molecular formula is C16H14BrN5O7. The van der Waals surface area contributed by atoms with Crippen molar-refractivity contribution < 1.29 is 28.2 Å². The molecule has 0 spiro atoms. The molecular weight excluding hydrogens is 454 g/mol. The van der Waals surface area contributed by atoms with Crippen molar-refractivity contribution in [2.75, 3.05) is 7.11 Å². The van der Waals surface area contributed by atoms with Crippen LogP contribution in [0.25, 0.3) is 11.7 Å². The largest absolute Gasteiger partial charge is 0.488 e. The monoisotopic (exact) mass is 467 g/mol. The van der Waals surface area contributed by atoms with Gasteiger partial charge < -0.3 is 18.6 Å². The fourth-order valence-corrected chi connectivity index (χ4v) is 2.80. The van der Waals surface area contributed by atoms with E-state index in [1.807, 2.05) is 0 Å². The minimum Gasteiger partial charge on any atom is -0.488 e. The van der Waals surface area contributed by atoms with E-state index in [1.54, 1.807) is 0 Å². The molecule has 0 aliphatic carbocycles. The minimum atomic E-state index is -0.737. The summed E-state index contributed by atoms with van der Waals surface area (Å²) in [4.78, 5) is 43.0. The number of carbonyl (C=O) groups excluding carboxylic acids is 2. The van der Waals surface area contributed by atoms with Crippen LogP contribution < -0.4 is 15.2 Å². The molecule has 0 bridgehead atoms. The Morgan fingerprint density at radius 2 is 2.00 bits per heavy atom. The summed E-state index contributed by atoms with van der Waals surface area (Å²) < 4.78 is 23.7. The molecule has 3 heterocycles. The number of halogens is 1. The third-order valence-electron chi connectivity index (χ3n) is 3.45. The Balaban J connectivity index is 2.15. The van der Waals surface area contributed by atoms with Crippen molar-refractivity contribution in [1.29, 1.82) is 0 Å². The lowest BCUT2D eigenvalue weighted by atomic mass is 10.4.